The molecule has 3 rings (SSSR count). The summed E-state index contributed by atoms with van der Waals surface area (Å²) in [5, 5.41) is 5.80. The second kappa shape index (κ2) is 8.11. The van der Waals surface area contributed by atoms with Gasteiger partial charge in [-0.05, 0) is 49.4 Å². The van der Waals surface area contributed by atoms with Crippen molar-refractivity contribution in [3.63, 3.8) is 0 Å². The average molecular weight is 359 g/mol. The first-order valence-electron chi connectivity index (χ1n) is 8.20. The van der Waals surface area contributed by atoms with E-state index in [9.17, 15) is 9.59 Å². The summed E-state index contributed by atoms with van der Waals surface area (Å²) in [4.78, 5) is 27.4. The zero-order chi connectivity index (χ0) is 17.6. The Bertz CT molecular complexity index is 733. The Morgan fingerprint density at radius 1 is 1.28 bits per heavy atom. The Kier molecular flexibility index (Phi) is 5.65. The molecule has 2 N–H and O–H groups in total. The Hall–Kier alpha value is -2.41. The van der Waals surface area contributed by atoms with Crippen molar-refractivity contribution >= 4 is 29.4 Å². The van der Waals surface area contributed by atoms with Crippen molar-refractivity contribution in [2.45, 2.75) is 23.8 Å². The number of urea groups is 1. The molecule has 1 saturated heterocycles. The number of piperidine rings is 1. The van der Waals surface area contributed by atoms with Gasteiger partial charge in [0.2, 0.25) is 0 Å². The number of nitrogens with one attached hydrogen (secondary N) is 2. The Morgan fingerprint density at radius 3 is 2.92 bits per heavy atom. The molecule has 0 bridgehead atoms. The molecular formula is C18H21N3O3S. The van der Waals surface area contributed by atoms with E-state index in [2.05, 4.69) is 10.6 Å². The van der Waals surface area contributed by atoms with Crippen LogP contribution in [-0.2, 0) is 0 Å². The molecule has 0 radical (unpaired) electrons. The lowest BCUT2D eigenvalue weighted by molar-refractivity contribution is 0.0666. The predicted molar refractivity (Wildman–Crippen MR) is 98.0 cm³/mol. The van der Waals surface area contributed by atoms with Crippen molar-refractivity contribution < 1.29 is 14.0 Å². The van der Waals surface area contributed by atoms with Crippen LogP contribution in [0.25, 0.3) is 0 Å². The highest BCUT2D eigenvalue weighted by Crippen LogP contribution is 2.19. The number of thioether (sulfide) groups is 1. The van der Waals surface area contributed by atoms with Crippen LogP contribution >= 0.6 is 11.8 Å². The monoisotopic (exact) mass is 359 g/mol. The van der Waals surface area contributed by atoms with E-state index in [1.165, 1.54) is 6.26 Å². The summed E-state index contributed by atoms with van der Waals surface area (Å²) in [5.74, 6) is 0.198. The summed E-state index contributed by atoms with van der Waals surface area (Å²) < 4.78 is 5.17. The highest BCUT2D eigenvalue weighted by Gasteiger charge is 2.26. The first kappa shape index (κ1) is 17.4. The van der Waals surface area contributed by atoms with Gasteiger partial charge in [-0.1, -0.05) is 6.07 Å². The van der Waals surface area contributed by atoms with Crippen LogP contribution in [0.3, 0.4) is 0 Å². The minimum atomic E-state index is -0.254. The third-order valence-corrected chi connectivity index (χ3v) is 4.83. The van der Waals surface area contributed by atoms with Crippen LogP contribution in [0.1, 0.15) is 23.4 Å². The number of amides is 3. The van der Waals surface area contributed by atoms with Gasteiger partial charge in [0.1, 0.15) is 0 Å². The van der Waals surface area contributed by atoms with Crippen LogP contribution in [0.15, 0.2) is 52.0 Å². The van der Waals surface area contributed by atoms with E-state index in [0.717, 1.165) is 23.4 Å². The minimum absolute atomic E-state index is 0.0728. The molecule has 1 aromatic carbocycles. The number of carbonyl (C=O) groups excluding carboxylic acids is 2. The molecule has 1 aliphatic heterocycles. The number of benzene rings is 1. The quantitative estimate of drug-likeness (QED) is 0.820. The lowest BCUT2D eigenvalue weighted by Crippen LogP contribution is -2.50. The molecule has 7 heteroatoms. The Labute approximate surface area is 151 Å². The molecule has 0 spiro atoms. The zero-order valence-corrected chi connectivity index (χ0v) is 14.8. The lowest BCUT2D eigenvalue weighted by Gasteiger charge is -2.32. The molecule has 1 atom stereocenters. The van der Waals surface area contributed by atoms with Gasteiger partial charge in [0.25, 0.3) is 5.91 Å². The zero-order valence-electron chi connectivity index (χ0n) is 14.0. The van der Waals surface area contributed by atoms with Crippen LogP contribution in [0.4, 0.5) is 10.5 Å². The van der Waals surface area contributed by atoms with Crippen molar-refractivity contribution in [2.75, 3.05) is 24.7 Å². The summed E-state index contributed by atoms with van der Waals surface area (Å²) in [6.07, 6.45) is 5.18. The topological polar surface area (TPSA) is 74.6 Å². The first-order chi connectivity index (χ1) is 12.2. The number of anilines is 1. The summed E-state index contributed by atoms with van der Waals surface area (Å²) >= 11 is 1.62. The van der Waals surface area contributed by atoms with Gasteiger partial charge in [0.15, 0.2) is 5.76 Å². The second-order valence-corrected chi connectivity index (χ2v) is 6.78. The molecule has 25 heavy (non-hydrogen) atoms. The van der Waals surface area contributed by atoms with E-state index >= 15 is 0 Å². The van der Waals surface area contributed by atoms with Gasteiger partial charge in [-0.25, -0.2) is 4.79 Å². The molecule has 2 heterocycles. The fourth-order valence-corrected chi connectivity index (χ4v) is 3.35. The Balaban J connectivity index is 1.55. The van der Waals surface area contributed by atoms with Gasteiger partial charge >= 0.3 is 6.03 Å². The lowest BCUT2D eigenvalue weighted by atomic mass is 10.1. The highest BCUT2D eigenvalue weighted by molar-refractivity contribution is 7.98. The average Bonchev–Trinajstić information content (AvgIpc) is 3.16. The fraction of sp³-hybridized carbons (Fsp3) is 0.333. The second-order valence-electron chi connectivity index (χ2n) is 5.90. The van der Waals surface area contributed by atoms with Crippen molar-refractivity contribution in [1.82, 2.24) is 10.2 Å². The normalized spacial score (nSPS) is 17.2. The van der Waals surface area contributed by atoms with E-state index in [1.807, 2.05) is 30.5 Å². The molecule has 1 unspecified atom stereocenters. The summed E-state index contributed by atoms with van der Waals surface area (Å²) in [6, 6.07) is 10.7. The maximum Gasteiger partial charge on any atom is 0.319 e. The van der Waals surface area contributed by atoms with Crippen molar-refractivity contribution in [3.05, 3.63) is 48.4 Å². The molecule has 0 aliphatic carbocycles. The van der Waals surface area contributed by atoms with Crippen LogP contribution in [0.2, 0.25) is 0 Å². The van der Waals surface area contributed by atoms with Crippen LogP contribution < -0.4 is 10.6 Å². The fourth-order valence-electron chi connectivity index (χ4n) is 2.89. The smallest absolute Gasteiger partial charge is 0.319 e. The number of likely N-dealkylation sites (tertiary alicyclic amines) is 1. The van der Waals surface area contributed by atoms with Crippen LogP contribution in [-0.4, -0.2) is 42.2 Å². The number of carbonyl (C=O) groups is 2. The molecular weight excluding hydrogens is 338 g/mol. The van der Waals surface area contributed by atoms with Crippen LogP contribution in [0, 0.1) is 0 Å². The molecule has 6 nitrogen and oxygen atoms in total. The van der Waals surface area contributed by atoms with Gasteiger partial charge in [-0.15, -0.1) is 11.8 Å². The highest BCUT2D eigenvalue weighted by atomic mass is 32.2. The van der Waals surface area contributed by atoms with Gasteiger partial charge in [-0.2, -0.15) is 0 Å². The third kappa shape index (κ3) is 4.57. The van der Waals surface area contributed by atoms with E-state index in [1.54, 1.807) is 28.8 Å². The molecule has 1 fully saturated rings. The molecule has 0 saturated carbocycles. The van der Waals surface area contributed by atoms with Gasteiger partial charge in [0.05, 0.1) is 6.26 Å². The maximum absolute atomic E-state index is 12.4. The third-order valence-electron chi connectivity index (χ3n) is 4.10. The van der Waals surface area contributed by atoms with E-state index in [0.29, 0.717) is 18.8 Å². The van der Waals surface area contributed by atoms with Crippen molar-refractivity contribution in [2.24, 2.45) is 0 Å². The standard InChI is InChI=1S/C18H21N3O3S/c1-25-15-7-2-5-13(11-15)19-18(23)20-14-6-3-9-21(12-14)17(22)16-8-4-10-24-16/h2,4-5,7-8,10-11,14H,3,6,9,12H2,1H3,(H2,19,20,23). The number of hydrogen-bond donors (Lipinski definition) is 2. The van der Waals surface area contributed by atoms with Gasteiger partial charge < -0.3 is 20.0 Å². The number of hydrogen-bond acceptors (Lipinski definition) is 4. The number of furan rings is 1. The van der Waals surface area contributed by atoms with Crippen LogP contribution in [0.5, 0.6) is 0 Å². The molecule has 2 aromatic rings. The summed E-state index contributed by atoms with van der Waals surface area (Å²) in [6.45, 7) is 1.16. The summed E-state index contributed by atoms with van der Waals surface area (Å²) in [5.41, 5.74) is 0.753. The molecule has 1 aliphatic rings. The summed E-state index contributed by atoms with van der Waals surface area (Å²) in [7, 11) is 0. The number of rotatable bonds is 4. The van der Waals surface area contributed by atoms with Gasteiger partial charge in [-0.3, -0.25) is 4.79 Å². The van der Waals surface area contributed by atoms with Gasteiger partial charge in [0, 0.05) is 29.7 Å². The minimum Gasteiger partial charge on any atom is -0.459 e. The largest absolute Gasteiger partial charge is 0.459 e. The molecule has 3 amide bonds. The predicted octanol–water partition coefficient (Wildman–Crippen LogP) is 3.43. The van der Waals surface area contributed by atoms with Crippen molar-refractivity contribution in [1.29, 1.82) is 0 Å². The van der Waals surface area contributed by atoms with E-state index in [-0.39, 0.29) is 18.0 Å². The Morgan fingerprint density at radius 2 is 2.16 bits per heavy atom. The maximum atomic E-state index is 12.4. The van der Waals surface area contributed by atoms with Crippen molar-refractivity contribution in [3.8, 4) is 0 Å². The number of nitrogens with zero attached hydrogens (tertiary/aromatic N) is 1. The molecule has 1 aromatic heterocycles. The van der Waals surface area contributed by atoms with E-state index < -0.39 is 0 Å². The molecule has 132 valence electrons. The van der Waals surface area contributed by atoms with E-state index in [4.69, 9.17) is 4.42 Å². The first-order valence-corrected chi connectivity index (χ1v) is 9.42. The SMILES string of the molecule is CSc1cccc(NC(=O)NC2CCCN(C(=O)c3ccco3)C2)c1.